The Kier molecular flexibility index (Phi) is 6.03. The minimum absolute atomic E-state index is 0.0318. The van der Waals surface area contributed by atoms with Crippen LogP contribution in [0.2, 0.25) is 0 Å². The topological polar surface area (TPSA) is 54.7 Å². The first-order valence-electron chi connectivity index (χ1n) is 11.6. The van der Waals surface area contributed by atoms with Crippen molar-refractivity contribution >= 4 is 22.4 Å². The van der Waals surface area contributed by atoms with E-state index >= 15 is 0 Å². The number of hydrogen-bond donors (Lipinski definition) is 1. The van der Waals surface area contributed by atoms with Gasteiger partial charge in [-0.1, -0.05) is 62.2 Å². The highest BCUT2D eigenvalue weighted by molar-refractivity contribution is 6.02. The Morgan fingerprint density at radius 1 is 0.970 bits per heavy atom. The highest BCUT2D eigenvalue weighted by atomic mass is 16.5. The van der Waals surface area contributed by atoms with Crippen LogP contribution >= 0.6 is 0 Å². The fraction of sp³-hybridized carbons (Fsp3) is 0.250. The molecule has 1 aromatic heterocycles. The maximum absolute atomic E-state index is 13.7. The van der Waals surface area contributed by atoms with Crippen LogP contribution in [0, 0.1) is 0 Å². The zero-order chi connectivity index (χ0) is 22.6. The second-order valence-corrected chi connectivity index (χ2v) is 8.36. The first-order valence-corrected chi connectivity index (χ1v) is 11.6. The van der Waals surface area contributed by atoms with Crippen molar-refractivity contribution in [1.29, 1.82) is 0 Å². The minimum atomic E-state index is -0.398. The molecule has 0 aliphatic carbocycles. The molecule has 5 rings (SSSR count). The fourth-order valence-corrected chi connectivity index (χ4v) is 4.47. The highest BCUT2D eigenvalue weighted by Gasteiger charge is 2.35. The minimum Gasteiger partial charge on any atom is -0.493 e. The van der Waals surface area contributed by atoms with Crippen LogP contribution in [0.1, 0.15) is 54.0 Å². The summed E-state index contributed by atoms with van der Waals surface area (Å²) in [6.07, 6.45) is 4.50. The lowest BCUT2D eigenvalue weighted by atomic mass is 9.97. The lowest BCUT2D eigenvalue weighted by Crippen LogP contribution is -2.42. The Hall–Kier alpha value is -3.73. The number of anilines is 1. The van der Waals surface area contributed by atoms with Gasteiger partial charge in [-0.3, -0.25) is 4.79 Å². The van der Waals surface area contributed by atoms with Crippen molar-refractivity contribution in [2.45, 2.75) is 38.9 Å². The van der Waals surface area contributed by atoms with E-state index in [9.17, 15) is 4.79 Å². The van der Waals surface area contributed by atoms with Crippen LogP contribution in [0.3, 0.4) is 0 Å². The lowest BCUT2D eigenvalue weighted by molar-refractivity contribution is 0.0650. The van der Waals surface area contributed by atoms with E-state index < -0.39 is 6.17 Å². The molecule has 168 valence electrons. The van der Waals surface area contributed by atoms with Gasteiger partial charge in [-0.05, 0) is 47.5 Å². The molecular weight excluding hydrogens is 412 g/mol. The number of benzene rings is 3. The third-order valence-electron chi connectivity index (χ3n) is 6.14. The average molecular weight is 441 g/mol. The summed E-state index contributed by atoms with van der Waals surface area (Å²) in [5.41, 5.74) is 2.46. The van der Waals surface area contributed by atoms with Crippen molar-refractivity contribution in [3.05, 3.63) is 95.9 Å². The Morgan fingerprint density at radius 3 is 2.67 bits per heavy atom. The third-order valence-corrected chi connectivity index (χ3v) is 6.14. The molecule has 4 aromatic rings. The van der Waals surface area contributed by atoms with Gasteiger partial charge in [-0.15, -0.1) is 0 Å². The molecule has 1 aliphatic rings. The second-order valence-electron chi connectivity index (χ2n) is 8.36. The normalized spacial score (nSPS) is 15.4. The van der Waals surface area contributed by atoms with Crippen LogP contribution < -0.4 is 10.1 Å². The van der Waals surface area contributed by atoms with E-state index in [2.05, 4.69) is 30.4 Å². The highest BCUT2D eigenvalue weighted by Crippen LogP contribution is 2.41. The molecule has 3 aromatic carbocycles. The van der Waals surface area contributed by atoms with Crippen LogP contribution in [-0.4, -0.2) is 17.4 Å². The monoisotopic (exact) mass is 440 g/mol. The van der Waals surface area contributed by atoms with Gasteiger partial charge in [0.25, 0.3) is 5.91 Å². The molecule has 0 saturated carbocycles. The van der Waals surface area contributed by atoms with E-state index in [1.807, 2.05) is 59.5 Å². The number of furan rings is 1. The van der Waals surface area contributed by atoms with Gasteiger partial charge < -0.3 is 19.4 Å². The number of ether oxygens (including phenoxy) is 1. The average Bonchev–Trinajstić information content (AvgIpc) is 3.37. The summed E-state index contributed by atoms with van der Waals surface area (Å²) in [7, 11) is 0. The van der Waals surface area contributed by atoms with Gasteiger partial charge in [0.05, 0.1) is 25.0 Å². The third kappa shape index (κ3) is 4.19. The first kappa shape index (κ1) is 21.1. The Labute approximate surface area is 194 Å². The predicted molar refractivity (Wildman–Crippen MR) is 130 cm³/mol. The number of nitrogens with zero attached hydrogens (tertiary/aromatic N) is 1. The number of carbonyl (C=O) groups is 1. The molecule has 2 heterocycles. The summed E-state index contributed by atoms with van der Waals surface area (Å²) in [6.45, 7) is 3.19. The van der Waals surface area contributed by atoms with Crippen molar-refractivity contribution < 1.29 is 13.9 Å². The SMILES string of the molecule is CCCCCOc1ccc2ccccc2c1C1Nc2ccccc2C(=O)N1Cc1ccco1. The zero-order valence-corrected chi connectivity index (χ0v) is 18.8. The fourth-order valence-electron chi connectivity index (χ4n) is 4.47. The Morgan fingerprint density at radius 2 is 1.82 bits per heavy atom. The van der Waals surface area contributed by atoms with Gasteiger partial charge in [0.15, 0.2) is 0 Å². The molecule has 1 atom stereocenters. The molecular formula is C28H28N2O3. The van der Waals surface area contributed by atoms with Crippen molar-refractivity contribution in [2.75, 3.05) is 11.9 Å². The summed E-state index contributed by atoms with van der Waals surface area (Å²) in [5, 5.41) is 5.80. The molecule has 0 bridgehead atoms. The maximum Gasteiger partial charge on any atom is 0.258 e. The van der Waals surface area contributed by atoms with E-state index in [4.69, 9.17) is 9.15 Å². The number of amides is 1. The largest absolute Gasteiger partial charge is 0.493 e. The number of rotatable bonds is 8. The molecule has 0 saturated heterocycles. The molecule has 5 nitrogen and oxygen atoms in total. The smallest absolute Gasteiger partial charge is 0.258 e. The van der Waals surface area contributed by atoms with Crippen molar-refractivity contribution in [1.82, 2.24) is 4.90 Å². The summed E-state index contributed by atoms with van der Waals surface area (Å²) in [5.74, 6) is 1.51. The summed E-state index contributed by atoms with van der Waals surface area (Å²) in [4.78, 5) is 15.5. The molecule has 0 radical (unpaired) electrons. The van der Waals surface area contributed by atoms with Gasteiger partial charge in [0, 0.05) is 11.3 Å². The van der Waals surface area contributed by atoms with E-state index in [0.29, 0.717) is 18.7 Å². The maximum atomic E-state index is 13.7. The molecule has 0 spiro atoms. The molecule has 1 aliphatic heterocycles. The molecule has 1 amide bonds. The van der Waals surface area contributed by atoms with Gasteiger partial charge >= 0.3 is 0 Å². The number of fused-ring (bicyclic) bond motifs is 2. The van der Waals surface area contributed by atoms with Crippen LogP contribution in [0.15, 0.2) is 83.5 Å². The number of para-hydroxylation sites is 1. The number of nitrogens with one attached hydrogen (secondary N) is 1. The molecule has 1 N–H and O–H groups in total. The van der Waals surface area contributed by atoms with Gasteiger partial charge in [0.1, 0.15) is 17.7 Å². The van der Waals surface area contributed by atoms with E-state index in [1.54, 1.807) is 6.26 Å². The lowest BCUT2D eigenvalue weighted by Gasteiger charge is -2.38. The molecule has 33 heavy (non-hydrogen) atoms. The standard InChI is InChI=1S/C28H28N2O3/c1-2-3-8-17-33-25-16-15-20-10-4-5-12-22(20)26(25)27-29-24-14-7-6-13-23(24)28(31)30(27)19-21-11-9-18-32-21/h4-7,9-16,18,27,29H,2-3,8,17,19H2,1H3. The van der Waals surface area contributed by atoms with Crippen LogP contribution in [0.25, 0.3) is 10.8 Å². The van der Waals surface area contributed by atoms with Gasteiger partial charge in [-0.2, -0.15) is 0 Å². The molecule has 1 unspecified atom stereocenters. The number of unbranched alkanes of at least 4 members (excludes halogenated alkanes) is 2. The molecule has 5 heteroatoms. The van der Waals surface area contributed by atoms with Crippen LogP contribution in [0.5, 0.6) is 5.75 Å². The Bertz CT molecular complexity index is 1250. The predicted octanol–water partition coefficient (Wildman–Crippen LogP) is 6.77. The number of hydrogen-bond acceptors (Lipinski definition) is 4. The summed E-state index contributed by atoms with van der Waals surface area (Å²) >= 11 is 0. The molecule has 0 fully saturated rings. The van der Waals surface area contributed by atoms with Gasteiger partial charge in [0.2, 0.25) is 0 Å². The Balaban J connectivity index is 1.63. The van der Waals surface area contributed by atoms with E-state index in [0.717, 1.165) is 52.8 Å². The quantitative estimate of drug-likeness (QED) is 0.307. The van der Waals surface area contributed by atoms with Gasteiger partial charge in [-0.25, -0.2) is 0 Å². The first-order chi connectivity index (χ1) is 16.3. The second kappa shape index (κ2) is 9.41. The van der Waals surface area contributed by atoms with Crippen molar-refractivity contribution in [3.8, 4) is 5.75 Å². The summed E-state index contributed by atoms with van der Waals surface area (Å²) < 4.78 is 11.9. The van der Waals surface area contributed by atoms with Crippen LogP contribution in [-0.2, 0) is 6.54 Å². The summed E-state index contributed by atoms with van der Waals surface area (Å²) in [6, 6.07) is 23.8. The zero-order valence-electron chi connectivity index (χ0n) is 18.8. The van der Waals surface area contributed by atoms with Crippen molar-refractivity contribution in [2.24, 2.45) is 0 Å². The number of carbonyl (C=O) groups excluding carboxylic acids is 1. The van der Waals surface area contributed by atoms with E-state index in [-0.39, 0.29) is 5.91 Å². The van der Waals surface area contributed by atoms with Crippen LogP contribution in [0.4, 0.5) is 5.69 Å². The van der Waals surface area contributed by atoms with Crippen molar-refractivity contribution in [3.63, 3.8) is 0 Å². The van der Waals surface area contributed by atoms with E-state index in [1.165, 1.54) is 0 Å².